The quantitative estimate of drug-likeness (QED) is 0.464. The van der Waals surface area contributed by atoms with Crippen molar-refractivity contribution in [3.63, 3.8) is 0 Å². The van der Waals surface area contributed by atoms with Crippen LogP contribution in [0, 0.1) is 17.9 Å². The lowest BCUT2D eigenvalue weighted by Crippen LogP contribution is -2.24. The Morgan fingerprint density at radius 1 is 1.92 bits per heavy atom. The Kier molecular flexibility index (Phi) is 2.94. The van der Waals surface area contributed by atoms with E-state index >= 15 is 0 Å². The summed E-state index contributed by atoms with van der Waals surface area (Å²) in [6.45, 7) is 9.09. The van der Waals surface area contributed by atoms with Crippen molar-refractivity contribution in [3.05, 3.63) is 22.1 Å². The van der Waals surface area contributed by atoms with E-state index in [-0.39, 0.29) is 11.6 Å². The molecule has 0 aliphatic carbocycles. The molecule has 0 spiro atoms. The molecule has 13 heavy (non-hydrogen) atoms. The molecule has 1 heterocycles. The van der Waals surface area contributed by atoms with Gasteiger partial charge in [-0.3, -0.25) is 4.79 Å². The van der Waals surface area contributed by atoms with Crippen LogP contribution >= 0.6 is 11.8 Å². The molecule has 0 N–H and O–H groups in total. The molecular weight excluding hydrogens is 186 g/mol. The molecule has 0 bridgehead atoms. The van der Waals surface area contributed by atoms with Crippen molar-refractivity contribution >= 4 is 17.7 Å². The van der Waals surface area contributed by atoms with Crippen molar-refractivity contribution in [2.45, 2.75) is 6.92 Å². The first-order valence-corrected chi connectivity index (χ1v) is 4.68. The Morgan fingerprint density at radius 3 is 3.08 bits per heavy atom. The second kappa shape index (κ2) is 3.97. The highest BCUT2D eigenvalue weighted by molar-refractivity contribution is 8.04. The largest absolute Gasteiger partial charge is 0.315 e. The van der Waals surface area contributed by atoms with E-state index in [1.54, 1.807) is 6.07 Å². The number of thioether (sulfide) groups is 1. The van der Waals surface area contributed by atoms with E-state index in [1.165, 1.54) is 16.7 Å². The monoisotopic (exact) mass is 193 g/mol. The maximum absolute atomic E-state index is 11.2. The molecule has 1 fully saturated rings. The van der Waals surface area contributed by atoms with Crippen LogP contribution in [0.3, 0.4) is 0 Å². The molecule has 5 heteroatoms. The number of allylic oxidation sites excluding steroid dienone is 1. The van der Waals surface area contributed by atoms with Crippen LogP contribution < -0.4 is 0 Å². The summed E-state index contributed by atoms with van der Waals surface area (Å²) in [5, 5.41) is 9.12. The van der Waals surface area contributed by atoms with Gasteiger partial charge < -0.3 is 4.90 Å². The minimum absolute atomic E-state index is 0.0118. The molecule has 0 aromatic carbocycles. The molecule has 1 aliphatic heterocycles. The number of hydrogen-bond donors (Lipinski definition) is 0. The lowest BCUT2D eigenvalue weighted by atomic mass is 10.4. The fraction of sp³-hybridized carbons (Fsp3) is 0.375. The van der Waals surface area contributed by atoms with Crippen molar-refractivity contribution in [2.24, 2.45) is 0 Å². The average Bonchev–Trinajstić information content (AvgIpc) is 2.50. The fourth-order valence-corrected chi connectivity index (χ4v) is 2.07. The van der Waals surface area contributed by atoms with Gasteiger partial charge in [-0.15, -0.1) is 11.8 Å². The number of nitrogens with zero attached hydrogens (tertiary/aromatic N) is 3. The van der Waals surface area contributed by atoms with E-state index in [0.717, 1.165) is 0 Å². The first-order valence-electron chi connectivity index (χ1n) is 3.69. The molecule has 0 radical (unpaired) electrons. The molecule has 4 nitrogen and oxygen atoms in total. The van der Waals surface area contributed by atoms with E-state index in [0.29, 0.717) is 17.3 Å². The Labute approximate surface area is 80.6 Å². The number of amides is 1. The van der Waals surface area contributed by atoms with Crippen molar-refractivity contribution in [3.8, 4) is 6.07 Å². The van der Waals surface area contributed by atoms with E-state index in [9.17, 15) is 4.79 Å². The molecule has 0 atom stereocenters. The summed E-state index contributed by atoms with van der Waals surface area (Å²) >= 11 is 1.26. The predicted molar refractivity (Wildman–Crippen MR) is 49.1 cm³/mol. The Morgan fingerprint density at radius 2 is 2.62 bits per heavy atom. The van der Waals surface area contributed by atoms with Crippen LogP contribution in [0.4, 0.5) is 0 Å². The molecule has 1 saturated heterocycles. The van der Waals surface area contributed by atoms with Gasteiger partial charge in [0.05, 0.1) is 23.4 Å². The van der Waals surface area contributed by atoms with Crippen LogP contribution in [0.2, 0.25) is 0 Å². The van der Waals surface area contributed by atoms with Crippen LogP contribution in [0.1, 0.15) is 6.92 Å². The molecule has 0 aromatic rings. The highest BCUT2D eigenvalue weighted by Crippen LogP contribution is 2.31. The van der Waals surface area contributed by atoms with Gasteiger partial charge in [0.15, 0.2) is 0 Å². The Hall–Kier alpha value is -1.46. The van der Waals surface area contributed by atoms with E-state index in [1.807, 2.05) is 6.92 Å². The number of rotatable bonds is 1. The highest BCUT2D eigenvalue weighted by atomic mass is 32.2. The van der Waals surface area contributed by atoms with Gasteiger partial charge in [-0.25, -0.2) is 10.1 Å². The smallest absolute Gasteiger partial charge is 0.291 e. The fourth-order valence-electron chi connectivity index (χ4n) is 1.04. The first kappa shape index (κ1) is 9.63. The van der Waals surface area contributed by atoms with Crippen molar-refractivity contribution in [1.29, 1.82) is 5.26 Å². The zero-order valence-electron chi connectivity index (χ0n) is 7.07. The summed E-state index contributed by atoms with van der Waals surface area (Å²) in [5.74, 6) is 0.308. The second-order valence-corrected chi connectivity index (χ2v) is 3.27. The van der Waals surface area contributed by atoms with Gasteiger partial charge in [0.2, 0.25) is 5.91 Å². The number of nitriles is 1. The molecule has 1 rings (SSSR count). The van der Waals surface area contributed by atoms with Crippen LogP contribution in [0.25, 0.3) is 4.85 Å². The van der Waals surface area contributed by atoms with Gasteiger partial charge in [0.1, 0.15) is 0 Å². The first-order chi connectivity index (χ1) is 6.24. The lowest BCUT2D eigenvalue weighted by Gasteiger charge is -2.13. The number of carbonyl (C=O) groups is 1. The zero-order valence-corrected chi connectivity index (χ0v) is 7.89. The third-order valence-corrected chi connectivity index (χ3v) is 2.69. The molecule has 66 valence electrons. The second-order valence-electron chi connectivity index (χ2n) is 2.30. The van der Waals surface area contributed by atoms with Gasteiger partial charge in [-0.05, 0) is 6.92 Å². The predicted octanol–water partition coefficient (Wildman–Crippen LogP) is 1.19. The van der Waals surface area contributed by atoms with Gasteiger partial charge in [0.25, 0.3) is 5.70 Å². The SMILES string of the molecule is [C-]#[N+]/C(C#N)=C1/SCC(=O)N1CC. The minimum Gasteiger partial charge on any atom is -0.315 e. The molecule has 1 amide bonds. The summed E-state index contributed by atoms with van der Waals surface area (Å²) in [4.78, 5) is 15.8. The van der Waals surface area contributed by atoms with Crippen LogP contribution in [0.5, 0.6) is 0 Å². The minimum atomic E-state index is -0.0288. The maximum atomic E-state index is 11.2. The normalized spacial score (nSPS) is 19.6. The maximum Gasteiger partial charge on any atom is 0.291 e. The third kappa shape index (κ3) is 1.66. The summed E-state index contributed by atoms with van der Waals surface area (Å²) in [7, 11) is 0. The summed E-state index contributed by atoms with van der Waals surface area (Å²) < 4.78 is 0. The van der Waals surface area contributed by atoms with Crippen LogP contribution in [-0.2, 0) is 4.79 Å². The summed E-state index contributed by atoms with van der Waals surface area (Å²) in [5.41, 5.74) is 0.0118. The van der Waals surface area contributed by atoms with Crippen LogP contribution in [-0.4, -0.2) is 23.1 Å². The van der Waals surface area contributed by atoms with E-state index in [4.69, 9.17) is 11.8 Å². The van der Waals surface area contributed by atoms with E-state index < -0.39 is 0 Å². The van der Waals surface area contributed by atoms with Crippen molar-refractivity contribution in [1.82, 2.24) is 4.90 Å². The number of carbonyl (C=O) groups excluding carboxylic acids is 1. The molecule has 0 saturated carbocycles. The van der Waals surface area contributed by atoms with Crippen molar-refractivity contribution in [2.75, 3.05) is 12.3 Å². The van der Waals surface area contributed by atoms with Gasteiger partial charge in [-0.2, -0.15) is 0 Å². The zero-order chi connectivity index (χ0) is 9.84. The third-order valence-electron chi connectivity index (χ3n) is 1.62. The van der Waals surface area contributed by atoms with Crippen LogP contribution in [0.15, 0.2) is 10.7 Å². The van der Waals surface area contributed by atoms with E-state index in [2.05, 4.69) is 4.85 Å². The standard InChI is InChI=1S/C8H7N3OS/c1-3-11-7(12)5-13-8(11)6(4-9)10-2/h3,5H2,1H3/b8-6+. The topological polar surface area (TPSA) is 48.5 Å². The highest BCUT2D eigenvalue weighted by Gasteiger charge is 2.27. The van der Waals surface area contributed by atoms with Crippen molar-refractivity contribution < 1.29 is 4.79 Å². The molecule has 0 unspecified atom stereocenters. The summed E-state index contributed by atoms with van der Waals surface area (Å²) in [6, 6.07) is 1.79. The average molecular weight is 193 g/mol. The molecule has 1 aliphatic rings. The molecule has 0 aromatic heterocycles. The summed E-state index contributed by atoms with van der Waals surface area (Å²) in [6.07, 6.45) is 0. The van der Waals surface area contributed by atoms with Gasteiger partial charge in [-0.1, -0.05) is 0 Å². The number of hydrogen-bond acceptors (Lipinski definition) is 3. The van der Waals surface area contributed by atoms with Gasteiger partial charge in [0, 0.05) is 6.54 Å². The molecular formula is C8H7N3OS. The Balaban J connectivity index is 3.08. The lowest BCUT2D eigenvalue weighted by molar-refractivity contribution is -0.125. The Bertz CT molecular complexity index is 331. The van der Waals surface area contributed by atoms with Gasteiger partial charge >= 0.3 is 0 Å².